The number of nitrogens with zero attached hydrogens (tertiary/aromatic N) is 3. The Kier molecular flexibility index (Phi) is 5.45. The molecule has 1 aliphatic rings. The largest absolute Gasteiger partial charge is 0.343 e. The van der Waals surface area contributed by atoms with E-state index in [0.29, 0.717) is 16.5 Å². The first-order valence-corrected chi connectivity index (χ1v) is 9.86. The molecule has 1 atom stereocenters. The average Bonchev–Trinajstić information content (AvgIpc) is 3.13. The van der Waals surface area contributed by atoms with Crippen molar-refractivity contribution in [2.45, 2.75) is 18.4 Å². The predicted octanol–water partition coefficient (Wildman–Crippen LogP) is 2.48. The molecule has 1 unspecified atom stereocenters. The van der Waals surface area contributed by atoms with E-state index in [1.54, 1.807) is 60.7 Å². The number of alkyl halides is 2. The normalized spacial score (nSPS) is 17.2. The number of benzene rings is 2. The fourth-order valence-corrected chi connectivity index (χ4v) is 3.80. The van der Waals surface area contributed by atoms with Crippen LogP contribution in [0.15, 0.2) is 65.6 Å². The smallest absolute Gasteiger partial charge is 0.268 e. The Morgan fingerprint density at radius 2 is 1.75 bits per heavy atom. The second-order valence-corrected chi connectivity index (χ2v) is 7.51. The van der Waals surface area contributed by atoms with Crippen LogP contribution in [0.1, 0.15) is 16.8 Å². The molecule has 0 saturated carbocycles. The number of hydrogen-bond donors (Lipinski definition) is 1. The number of aromatic nitrogens is 1. The van der Waals surface area contributed by atoms with Gasteiger partial charge >= 0.3 is 0 Å². The van der Waals surface area contributed by atoms with Crippen molar-refractivity contribution in [3.05, 3.63) is 76.7 Å². The number of nitrogens with one attached hydrogen (secondary N) is 1. The van der Waals surface area contributed by atoms with Gasteiger partial charge in [-0.25, -0.2) is 8.78 Å². The summed E-state index contributed by atoms with van der Waals surface area (Å²) >= 11 is 0. The maximum atomic E-state index is 13.6. The Labute approximate surface area is 181 Å². The first-order chi connectivity index (χ1) is 15.3. The summed E-state index contributed by atoms with van der Waals surface area (Å²) in [7, 11) is 0. The van der Waals surface area contributed by atoms with E-state index in [-0.39, 0.29) is 11.1 Å². The standard InChI is InChI=1S/C23H18F2N4O3/c24-23(25)10-16(11-26)29(14-23)20(30)12-27-21(31)19-13-28(15-6-2-1-3-7-15)22(32)18-9-5-4-8-17(18)19/h1-9,13,16H,10,12,14H2,(H,27,31). The molecule has 2 amide bonds. The van der Waals surface area contributed by atoms with Crippen molar-refractivity contribution in [2.24, 2.45) is 0 Å². The van der Waals surface area contributed by atoms with Crippen molar-refractivity contribution >= 4 is 22.6 Å². The maximum absolute atomic E-state index is 13.6. The molecule has 3 aromatic rings. The van der Waals surface area contributed by atoms with Crippen LogP contribution in [0.3, 0.4) is 0 Å². The molecular formula is C23H18F2N4O3. The summed E-state index contributed by atoms with van der Waals surface area (Å²) in [4.78, 5) is 39.1. The van der Waals surface area contributed by atoms with Gasteiger partial charge in [-0.2, -0.15) is 5.26 Å². The summed E-state index contributed by atoms with van der Waals surface area (Å²) in [5.41, 5.74) is 0.403. The third kappa shape index (κ3) is 3.95. The summed E-state index contributed by atoms with van der Waals surface area (Å²) in [5, 5.41) is 12.2. The number of fused-ring (bicyclic) bond motifs is 1. The SMILES string of the molecule is N#CC1CC(F)(F)CN1C(=O)CNC(=O)c1cn(-c2ccccc2)c(=O)c2ccccc12. The van der Waals surface area contributed by atoms with E-state index in [9.17, 15) is 23.2 Å². The van der Waals surface area contributed by atoms with Gasteiger partial charge in [0.05, 0.1) is 24.7 Å². The highest BCUT2D eigenvalue weighted by atomic mass is 19.3. The molecule has 0 bridgehead atoms. The first-order valence-electron chi connectivity index (χ1n) is 9.86. The monoisotopic (exact) mass is 436 g/mol. The molecule has 0 spiro atoms. The third-order valence-electron chi connectivity index (χ3n) is 5.34. The number of likely N-dealkylation sites (tertiary alicyclic amines) is 1. The summed E-state index contributed by atoms with van der Waals surface area (Å²) in [6.45, 7) is -1.41. The lowest BCUT2D eigenvalue weighted by Crippen LogP contribution is -2.43. The van der Waals surface area contributed by atoms with Crippen molar-refractivity contribution in [1.82, 2.24) is 14.8 Å². The van der Waals surface area contributed by atoms with E-state index in [1.807, 2.05) is 0 Å². The first kappa shape index (κ1) is 21.2. The fourth-order valence-electron chi connectivity index (χ4n) is 3.80. The van der Waals surface area contributed by atoms with Crippen LogP contribution in [0.5, 0.6) is 0 Å². The molecule has 1 aliphatic heterocycles. The van der Waals surface area contributed by atoms with Crippen molar-refractivity contribution in [2.75, 3.05) is 13.1 Å². The van der Waals surface area contributed by atoms with Gasteiger partial charge in [0.25, 0.3) is 17.4 Å². The molecule has 1 aromatic heterocycles. The van der Waals surface area contributed by atoms with Gasteiger partial charge < -0.3 is 10.2 Å². The second kappa shape index (κ2) is 8.23. The number of rotatable bonds is 4. The highest BCUT2D eigenvalue weighted by Gasteiger charge is 2.47. The average molecular weight is 436 g/mol. The summed E-state index contributed by atoms with van der Waals surface area (Å²) in [5.74, 6) is -4.55. The van der Waals surface area contributed by atoms with Crippen molar-refractivity contribution in [3.63, 3.8) is 0 Å². The second-order valence-electron chi connectivity index (χ2n) is 7.51. The number of halogens is 2. The molecule has 0 radical (unpaired) electrons. The zero-order valence-corrected chi connectivity index (χ0v) is 16.8. The van der Waals surface area contributed by atoms with Gasteiger partial charge in [0.1, 0.15) is 6.04 Å². The van der Waals surface area contributed by atoms with E-state index in [4.69, 9.17) is 5.26 Å². The molecule has 4 rings (SSSR count). The molecule has 7 nitrogen and oxygen atoms in total. The molecule has 1 saturated heterocycles. The predicted molar refractivity (Wildman–Crippen MR) is 113 cm³/mol. The molecule has 162 valence electrons. The van der Waals surface area contributed by atoms with Gasteiger partial charge in [-0.05, 0) is 18.2 Å². The molecule has 32 heavy (non-hydrogen) atoms. The number of carbonyl (C=O) groups excluding carboxylic acids is 2. The Balaban J connectivity index is 1.63. The number of para-hydroxylation sites is 1. The van der Waals surface area contributed by atoms with Gasteiger partial charge in [-0.15, -0.1) is 0 Å². The van der Waals surface area contributed by atoms with Crippen LogP contribution < -0.4 is 10.9 Å². The van der Waals surface area contributed by atoms with Gasteiger partial charge in [0.15, 0.2) is 0 Å². The van der Waals surface area contributed by atoms with Crippen LogP contribution in [0.2, 0.25) is 0 Å². The molecular weight excluding hydrogens is 418 g/mol. The van der Waals surface area contributed by atoms with Crippen molar-refractivity contribution < 1.29 is 18.4 Å². The summed E-state index contributed by atoms with van der Waals surface area (Å²) in [6, 6.07) is 15.8. The van der Waals surface area contributed by atoms with Gasteiger partial charge in [-0.3, -0.25) is 19.0 Å². The van der Waals surface area contributed by atoms with Crippen LogP contribution in [-0.2, 0) is 4.79 Å². The maximum Gasteiger partial charge on any atom is 0.268 e. The Hall–Kier alpha value is -4.06. The minimum absolute atomic E-state index is 0.153. The highest BCUT2D eigenvalue weighted by molar-refractivity contribution is 6.07. The number of nitriles is 1. The van der Waals surface area contributed by atoms with E-state index in [0.717, 1.165) is 4.90 Å². The van der Waals surface area contributed by atoms with Gasteiger partial charge in [0.2, 0.25) is 5.91 Å². The lowest BCUT2D eigenvalue weighted by Gasteiger charge is -2.19. The quantitative estimate of drug-likeness (QED) is 0.680. The Bertz CT molecular complexity index is 1300. The summed E-state index contributed by atoms with van der Waals surface area (Å²) in [6.07, 6.45) is 0.664. The number of hydrogen-bond acceptors (Lipinski definition) is 4. The van der Waals surface area contributed by atoms with Crippen molar-refractivity contribution in [3.8, 4) is 11.8 Å². The zero-order chi connectivity index (χ0) is 22.9. The number of amides is 2. The lowest BCUT2D eigenvalue weighted by molar-refractivity contribution is -0.131. The van der Waals surface area contributed by atoms with Crippen LogP contribution in [-0.4, -0.2) is 46.3 Å². The molecule has 2 aromatic carbocycles. The van der Waals surface area contributed by atoms with Gasteiger partial charge in [0, 0.05) is 29.1 Å². The van der Waals surface area contributed by atoms with E-state index < -0.39 is 43.3 Å². The van der Waals surface area contributed by atoms with E-state index in [2.05, 4.69) is 5.32 Å². The fraction of sp³-hybridized carbons (Fsp3) is 0.217. The molecule has 1 fully saturated rings. The van der Waals surface area contributed by atoms with Crippen LogP contribution in [0, 0.1) is 11.3 Å². The topological polar surface area (TPSA) is 95.2 Å². The molecule has 1 N–H and O–H groups in total. The van der Waals surface area contributed by atoms with E-state index >= 15 is 0 Å². The van der Waals surface area contributed by atoms with Crippen LogP contribution in [0.4, 0.5) is 8.78 Å². The van der Waals surface area contributed by atoms with Crippen molar-refractivity contribution in [1.29, 1.82) is 5.26 Å². The number of pyridine rings is 1. The third-order valence-corrected chi connectivity index (χ3v) is 5.34. The summed E-state index contributed by atoms with van der Waals surface area (Å²) < 4.78 is 28.6. The molecule has 9 heteroatoms. The van der Waals surface area contributed by atoms with E-state index in [1.165, 1.54) is 10.8 Å². The molecule has 0 aliphatic carbocycles. The van der Waals surface area contributed by atoms with Crippen LogP contribution in [0.25, 0.3) is 16.5 Å². The highest BCUT2D eigenvalue weighted by Crippen LogP contribution is 2.31. The molecule has 2 heterocycles. The Morgan fingerprint density at radius 3 is 2.44 bits per heavy atom. The lowest BCUT2D eigenvalue weighted by atomic mass is 10.1. The Morgan fingerprint density at radius 1 is 1.09 bits per heavy atom. The number of carbonyl (C=O) groups is 2. The zero-order valence-electron chi connectivity index (χ0n) is 16.8. The minimum Gasteiger partial charge on any atom is -0.343 e. The minimum atomic E-state index is -3.14. The van der Waals surface area contributed by atoms with Crippen LogP contribution >= 0.6 is 0 Å². The van der Waals surface area contributed by atoms with Gasteiger partial charge in [-0.1, -0.05) is 36.4 Å².